The molecule has 1 heterocycles. The van der Waals surface area contributed by atoms with Gasteiger partial charge in [0.1, 0.15) is 11.4 Å². The number of halogens is 2. The second-order valence-corrected chi connectivity index (χ2v) is 5.29. The number of carboxylic acids is 1. The highest BCUT2D eigenvalue weighted by Crippen LogP contribution is 2.47. The Morgan fingerprint density at radius 3 is 2.75 bits per heavy atom. The van der Waals surface area contributed by atoms with Gasteiger partial charge < -0.3 is 10.4 Å². The Labute approximate surface area is 129 Å². The minimum atomic E-state index is -0.919. The molecule has 5 nitrogen and oxygen atoms in total. The van der Waals surface area contributed by atoms with E-state index in [1.54, 1.807) is 19.1 Å². The molecular weight excluding hydrogens is 321 g/mol. The quantitative estimate of drug-likeness (QED) is 0.789. The van der Waals surface area contributed by atoms with Gasteiger partial charge in [0, 0.05) is 12.1 Å². The first kappa shape index (κ1) is 15.0. The molecule has 0 radical (unpaired) electrons. The molecule has 0 aliphatic carbocycles. The standard InChI is InChI=1S/C12H11Cl2N3O2S/c1-2-6(12(18)19)3-4-15-9-7(13)5-8(14)10-11(9)17-20-16-10/h3,5,15H,2,4H2,1H3,(H,18,19). The molecule has 2 N–H and O–H groups in total. The van der Waals surface area contributed by atoms with E-state index in [0.717, 1.165) is 11.4 Å². The average molecular weight is 332 g/mol. The van der Waals surface area contributed by atoms with Crippen molar-refractivity contribution < 1.29 is 9.90 Å². The summed E-state index contributed by atoms with van der Waals surface area (Å²) in [5.41, 5.74) is 2.13. The third-order valence-corrected chi connectivity index (χ3v) is 3.84. The minimum absolute atomic E-state index is 0.337. The molecule has 0 saturated carbocycles. The van der Waals surface area contributed by atoms with Crippen molar-refractivity contribution in [2.75, 3.05) is 11.9 Å². The lowest BCUT2D eigenvalue weighted by Gasteiger charge is -2.10. The van der Waals surface area contributed by atoms with Gasteiger partial charge in [-0.25, -0.2) is 4.79 Å². The van der Waals surface area contributed by atoms with Gasteiger partial charge in [0.2, 0.25) is 0 Å². The lowest BCUT2D eigenvalue weighted by atomic mass is 10.2. The molecule has 0 bridgehead atoms. The van der Waals surface area contributed by atoms with E-state index in [9.17, 15) is 4.79 Å². The number of hydrogen-bond acceptors (Lipinski definition) is 4. The predicted octanol–water partition coefficient (Wildman–Crippen LogP) is 4.55. The van der Waals surface area contributed by atoms with Crippen molar-refractivity contribution >= 4 is 57.6 Å². The molecular formula is C12H11Cl2N3O2S. The van der Waals surface area contributed by atoms with Crippen LogP contribution in [-0.2, 0) is 16.1 Å². The molecule has 106 valence electrons. The van der Waals surface area contributed by atoms with Crippen LogP contribution in [0.5, 0.6) is 0 Å². The molecule has 8 heteroatoms. The number of aliphatic carboxylic acids is 1. The Bertz CT molecular complexity index is 667. The molecule has 20 heavy (non-hydrogen) atoms. The van der Waals surface area contributed by atoms with Gasteiger partial charge in [-0.15, -0.1) is 0 Å². The molecule has 0 fully saturated rings. The fraction of sp³-hybridized carbons (Fsp3) is 0.250. The zero-order chi connectivity index (χ0) is 14.7. The summed E-state index contributed by atoms with van der Waals surface area (Å²) in [5.74, 6) is -0.919. The normalized spacial score (nSPS) is 13.1. The molecule has 2 rings (SSSR count). The maximum absolute atomic E-state index is 10.9. The number of benzene rings is 1. The predicted molar refractivity (Wildman–Crippen MR) is 82.5 cm³/mol. The van der Waals surface area contributed by atoms with Crippen molar-refractivity contribution in [2.24, 2.45) is 8.73 Å². The fourth-order valence-corrected chi connectivity index (χ4v) is 2.88. The number of nitrogens with zero attached hydrogens (tertiary/aromatic N) is 2. The summed E-state index contributed by atoms with van der Waals surface area (Å²) < 4.78 is 8.25. The van der Waals surface area contributed by atoms with Crippen molar-refractivity contribution in [2.45, 2.75) is 13.3 Å². The summed E-state index contributed by atoms with van der Waals surface area (Å²) in [6.45, 7) is 2.13. The van der Waals surface area contributed by atoms with E-state index in [1.807, 2.05) is 0 Å². The second-order valence-electron chi connectivity index (χ2n) is 3.95. The van der Waals surface area contributed by atoms with Crippen molar-refractivity contribution in [1.82, 2.24) is 0 Å². The van der Waals surface area contributed by atoms with Crippen LogP contribution in [0.25, 0.3) is 0 Å². The van der Waals surface area contributed by atoms with Crippen LogP contribution in [0.4, 0.5) is 17.1 Å². The largest absolute Gasteiger partial charge is 0.478 e. The van der Waals surface area contributed by atoms with Crippen LogP contribution >= 0.6 is 23.2 Å². The third kappa shape index (κ3) is 3.03. The lowest BCUT2D eigenvalue weighted by Crippen LogP contribution is -2.05. The maximum atomic E-state index is 10.9. The fourth-order valence-electron chi connectivity index (χ4n) is 1.70. The highest BCUT2D eigenvalue weighted by molar-refractivity contribution is 7.58. The first-order chi connectivity index (χ1) is 9.54. The Hall–Kier alpha value is -1.37. The van der Waals surface area contributed by atoms with Crippen molar-refractivity contribution in [3.05, 3.63) is 27.8 Å². The van der Waals surface area contributed by atoms with Crippen molar-refractivity contribution in [1.29, 1.82) is 0 Å². The van der Waals surface area contributed by atoms with Crippen LogP contribution < -0.4 is 5.32 Å². The van der Waals surface area contributed by atoms with Gasteiger partial charge in [-0.3, -0.25) is 0 Å². The Kier molecular flexibility index (Phi) is 4.80. The van der Waals surface area contributed by atoms with E-state index < -0.39 is 5.97 Å². The molecule has 0 aromatic heterocycles. The van der Waals surface area contributed by atoms with Gasteiger partial charge in [-0.2, -0.15) is 8.73 Å². The van der Waals surface area contributed by atoms with Gasteiger partial charge in [0.15, 0.2) is 0 Å². The van der Waals surface area contributed by atoms with E-state index in [2.05, 4.69) is 14.0 Å². The molecule has 1 aliphatic heterocycles. The number of fused-ring (bicyclic) bond motifs is 1. The average Bonchev–Trinajstić information content (AvgIpc) is 2.87. The van der Waals surface area contributed by atoms with Gasteiger partial charge in [0.25, 0.3) is 0 Å². The zero-order valence-electron chi connectivity index (χ0n) is 10.5. The number of carbonyl (C=O) groups is 1. The summed E-state index contributed by atoms with van der Waals surface area (Å²) in [6, 6.07) is 1.59. The molecule has 1 aromatic carbocycles. The second kappa shape index (κ2) is 6.39. The Balaban J connectivity index is 2.22. The first-order valence-electron chi connectivity index (χ1n) is 5.81. The number of rotatable bonds is 5. The van der Waals surface area contributed by atoms with Gasteiger partial charge in [-0.05, 0) is 12.5 Å². The number of anilines is 1. The van der Waals surface area contributed by atoms with E-state index in [-0.39, 0.29) is 0 Å². The first-order valence-corrected chi connectivity index (χ1v) is 7.29. The van der Waals surface area contributed by atoms with Crippen molar-refractivity contribution in [3.8, 4) is 0 Å². The Morgan fingerprint density at radius 1 is 1.40 bits per heavy atom. The summed E-state index contributed by atoms with van der Waals surface area (Å²) in [6.07, 6.45) is 2.07. The van der Waals surface area contributed by atoms with Gasteiger partial charge in [-0.1, -0.05) is 36.2 Å². The number of hydrogen-bond donors (Lipinski definition) is 2. The van der Waals surface area contributed by atoms with Gasteiger partial charge >= 0.3 is 5.97 Å². The Morgan fingerprint density at radius 2 is 2.10 bits per heavy atom. The zero-order valence-corrected chi connectivity index (χ0v) is 12.8. The van der Waals surface area contributed by atoms with E-state index in [4.69, 9.17) is 28.3 Å². The topological polar surface area (TPSA) is 74.0 Å². The smallest absolute Gasteiger partial charge is 0.331 e. The summed E-state index contributed by atoms with van der Waals surface area (Å²) in [5, 5.41) is 12.9. The van der Waals surface area contributed by atoms with E-state index in [1.165, 1.54) is 0 Å². The SMILES string of the molecule is CCC(=CCNc1c(Cl)cc(Cl)c2c1N=S=N2)C(=O)O. The molecule has 1 aliphatic rings. The highest BCUT2D eigenvalue weighted by atomic mass is 35.5. The third-order valence-electron chi connectivity index (χ3n) is 2.73. The van der Waals surface area contributed by atoms with E-state index >= 15 is 0 Å². The van der Waals surface area contributed by atoms with E-state index in [0.29, 0.717) is 45.6 Å². The van der Waals surface area contributed by atoms with Crippen LogP contribution in [-0.4, -0.2) is 17.6 Å². The molecule has 1 aromatic rings. The summed E-state index contributed by atoms with van der Waals surface area (Å²) in [7, 11) is 0. The highest BCUT2D eigenvalue weighted by Gasteiger charge is 2.18. The number of carboxylic acid groups (broad SMARTS) is 1. The molecule has 0 atom stereocenters. The summed E-state index contributed by atoms with van der Waals surface area (Å²) >= 11 is 13.2. The maximum Gasteiger partial charge on any atom is 0.331 e. The van der Waals surface area contributed by atoms with Crippen molar-refractivity contribution in [3.63, 3.8) is 0 Å². The van der Waals surface area contributed by atoms with Crippen LogP contribution in [0.1, 0.15) is 13.3 Å². The van der Waals surface area contributed by atoms with Crippen LogP contribution in [0.2, 0.25) is 10.0 Å². The van der Waals surface area contributed by atoms with Crippen LogP contribution in [0.15, 0.2) is 26.4 Å². The molecule has 0 spiro atoms. The monoisotopic (exact) mass is 331 g/mol. The molecule has 0 unspecified atom stereocenters. The molecule has 0 amide bonds. The van der Waals surface area contributed by atoms with Gasteiger partial charge in [0.05, 0.1) is 27.1 Å². The lowest BCUT2D eigenvalue weighted by molar-refractivity contribution is -0.132. The van der Waals surface area contributed by atoms with Crippen LogP contribution in [0, 0.1) is 0 Å². The van der Waals surface area contributed by atoms with Crippen LogP contribution in [0.3, 0.4) is 0 Å². The molecule has 0 saturated heterocycles. The minimum Gasteiger partial charge on any atom is -0.478 e. The number of nitrogens with one attached hydrogen (secondary N) is 1. The summed E-state index contributed by atoms with van der Waals surface area (Å²) in [4.78, 5) is 10.9.